The van der Waals surface area contributed by atoms with Crippen LogP contribution in [0.2, 0.25) is 5.02 Å². The second-order valence-corrected chi connectivity index (χ2v) is 4.09. The van der Waals surface area contributed by atoms with Crippen molar-refractivity contribution in [2.75, 3.05) is 5.32 Å². The molecule has 0 heterocycles. The van der Waals surface area contributed by atoms with Crippen LogP contribution in [0.15, 0.2) is 18.2 Å². The van der Waals surface area contributed by atoms with Crippen molar-refractivity contribution in [3.63, 3.8) is 0 Å². The Balaban J connectivity index is 2.86. The fourth-order valence-electron chi connectivity index (χ4n) is 1.18. The minimum Gasteiger partial charge on any atom is -0.427 e. The van der Waals surface area contributed by atoms with Gasteiger partial charge in [-0.05, 0) is 18.2 Å². The highest BCUT2D eigenvalue weighted by Gasteiger charge is 2.50. The van der Waals surface area contributed by atoms with Crippen molar-refractivity contribution in [3.05, 3.63) is 23.2 Å². The zero-order valence-corrected chi connectivity index (χ0v) is 11.0. The number of anilines is 1. The molecule has 5 nitrogen and oxygen atoms in total. The van der Waals surface area contributed by atoms with Crippen LogP contribution in [0.3, 0.4) is 0 Å². The Bertz CT molecular complexity index is 554. The number of benzene rings is 1. The number of primary amides is 1. The van der Waals surface area contributed by atoms with E-state index in [1.54, 1.807) is 0 Å². The lowest BCUT2D eigenvalue weighted by molar-refractivity contribution is -0.411. The second kappa shape index (κ2) is 6.48. The average molecular weight is 353 g/mol. The van der Waals surface area contributed by atoms with Gasteiger partial charge in [0.15, 0.2) is 0 Å². The van der Waals surface area contributed by atoms with E-state index in [9.17, 15) is 31.1 Å². The predicted molar refractivity (Wildman–Crippen MR) is 62.3 cm³/mol. The number of rotatable bonds is 5. The van der Waals surface area contributed by atoms with E-state index in [1.165, 1.54) is 0 Å². The molecule has 1 aromatic rings. The van der Waals surface area contributed by atoms with Gasteiger partial charge in [-0.3, -0.25) is 0 Å². The normalized spacial score (nSPS) is 13.6. The molecule has 0 fully saturated rings. The van der Waals surface area contributed by atoms with Gasteiger partial charge in [-0.15, -0.1) is 13.2 Å². The Morgan fingerprint density at radius 3 is 2.32 bits per heavy atom. The molecule has 0 bridgehead atoms. The molecule has 1 unspecified atom stereocenters. The number of amides is 2. The van der Waals surface area contributed by atoms with Crippen molar-refractivity contribution in [2.45, 2.75) is 18.8 Å². The van der Waals surface area contributed by atoms with E-state index in [0.717, 1.165) is 18.2 Å². The lowest BCUT2D eigenvalue weighted by atomic mass is 10.3. The summed E-state index contributed by atoms with van der Waals surface area (Å²) in [5.41, 5.74) is 4.79. The van der Waals surface area contributed by atoms with Crippen LogP contribution in [0.1, 0.15) is 0 Å². The van der Waals surface area contributed by atoms with Gasteiger partial charge >= 0.3 is 24.9 Å². The molecule has 1 aromatic carbocycles. The van der Waals surface area contributed by atoms with Crippen molar-refractivity contribution in [1.29, 1.82) is 0 Å². The van der Waals surface area contributed by atoms with Gasteiger partial charge in [0.05, 0.1) is 5.02 Å². The molecule has 0 aliphatic carbocycles. The Labute approximate surface area is 123 Å². The van der Waals surface area contributed by atoms with Gasteiger partial charge in [0.1, 0.15) is 5.75 Å². The lowest BCUT2D eigenvalue weighted by Gasteiger charge is -2.22. The van der Waals surface area contributed by atoms with Crippen molar-refractivity contribution in [2.24, 2.45) is 5.73 Å². The number of carbonyl (C=O) groups is 1. The van der Waals surface area contributed by atoms with E-state index in [-0.39, 0.29) is 5.69 Å². The van der Waals surface area contributed by atoms with Gasteiger partial charge in [0, 0.05) is 5.69 Å². The second-order valence-electron chi connectivity index (χ2n) is 3.68. The third kappa shape index (κ3) is 5.48. The van der Waals surface area contributed by atoms with Crippen LogP contribution in [-0.4, -0.2) is 24.9 Å². The molecule has 0 saturated heterocycles. The van der Waals surface area contributed by atoms with Crippen molar-refractivity contribution in [3.8, 4) is 5.75 Å². The quantitative estimate of drug-likeness (QED) is 0.795. The zero-order valence-electron chi connectivity index (χ0n) is 10.3. The maximum absolute atomic E-state index is 13.2. The SMILES string of the molecule is NC(=O)Nc1ccc(OC(F)(F)C(F)OC(F)(F)F)c(Cl)c1. The molecule has 3 N–H and O–H groups in total. The lowest BCUT2D eigenvalue weighted by Crippen LogP contribution is -2.41. The molecule has 0 aromatic heterocycles. The van der Waals surface area contributed by atoms with Gasteiger partial charge in [-0.2, -0.15) is 8.78 Å². The molecule has 0 radical (unpaired) electrons. The molecule has 2 amide bonds. The van der Waals surface area contributed by atoms with Gasteiger partial charge < -0.3 is 15.8 Å². The largest absolute Gasteiger partial charge is 0.525 e. The predicted octanol–water partition coefficient (Wildman–Crippen LogP) is 3.63. The molecule has 0 spiro atoms. The first kappa shape index (κ1) is 18.2. The standard InChI is InChI=1S/C10H7ClF6N2O3/c11-5-3-4(19-8(18)20)1-2-6(5)21-9(13,14)7(12)22-10(15,16)17/h1-3,7H,(H3,18,19,20). The van der Waals surface area contributed by atoms with E-state index in [1.807, 2.05) is 0 Å². The smallest absolute Gasteiger partial charge is 0.427 e. The highest BCUT2D eigenvalue weighted by Crippen LogP contribution is 2.35. The minimum atomic E-state index is -5.62. The van der Waals surface area contributed by atoms with Crippen LogP contribution >= 0.6 is 11.6 Å². The summed E-state index contributed by atoms with van der Waals surface area (Å²) in [5.74, 6) is -0.838. The minimum absolute atomic E-state index is 0.00323. The average Bonchev–Trinajstić information content (AvgIpc) is 2.29. The summed E-state index contributed by atoms with van der Waals surface area (Å²) in [4.78, 5) is 10.6. The molecule has 0 saturated carbocycles. The number of carbonyl (C=O) groups excluding carboxylic acids is 1. The number of hydrogen-bond donors (Lipinski definition) is 2. The van der Waals surface area contributed by atoms with Crippen molar-refractivity contribution >= 4 is 23.3 Å². The van der Waals surface area contributed by atoms with E-state index in [0.29, 0.717) is 0 Å². The molecule has 0 aliphatic rings. The van der Waals surface area contributed by atoms with Gasteiger partial charge in [-0.1, -0.05) is 11.6 Å². The summed E-state index contributed by atoms with van der Waals surface area (Å²) in [6.07, 6.45) is -14.7. The van der Waals surface area contributed by atoms with Crippen molar-refractivity contribution < 1.29 is 40.6 Å². The van der Waals surface area contributed by atoms with Crippen LogP contribution in [0.5, 0.6) is 5.75 Å². The number of urea groups is 1. The first-order chi connectivity index (χ1) is 9.90. The van der Waals surface area contributed by atoms with Crippen LogP contribution < -0.4 is 15.8 Å². The first-order valence-electron chi connectivity index (χ1n) is 5.22. The molecule has 12 heteroatoms. The molecule has 124 valence electrons. The molecular weight excluding hydrogens is 346 g/mol. The number of halogens is 7. The van der Waals surface area contributed by atoms with E-state index in [4.69, 9.17) is 17.3 Å². The number of hydrogen-bond acceptors (Lipinski definition) is 3. The third-order valence-corrected chi connectivity index (χ3v) is 2.24. The summed E-state index contributed by atoms with van der Waals surface area (Å²) >= 11 is 5.52. The van der Waals surface area contributed by atoms with Gasteiger partial charge in [-0.25, -0.2) is 13.9 Å². The number of ether oxygens (including phenoxy) is 2. The number of nitrogens with two attached hydrogens (primary N) is 1. The molecule has 1 rings (SSSR count). The summed E-state index contributed by atoms with van der Waals surface area (Å²) in [7, 11) is 0. The van der Waals surface area contributed by atoms with Gasteiger partial charge in [0.2, 0.25) is 0 Å². The third-order valence-electron chi connectivity index (χ3n) is 1.95. The maximum Gasteiger partial charge on any atom is 0.525 e. The van der Waals surface area contributed by atoms with Gasteiger partial charge in [0.25, 0.3) is 0 Å². The Morgan fingerprint density at radius 1 is 1.27 bits per heavy atom. The van der Waals surface area contributed by atoms with E-state index < -0.39 is 35.6 Å². The van der Waals surface area contributed by atoms with Crippen LogP contribution in [0.25, 0.3) is 0 Å². The van der Waals surface area contributed by atoms with E-state index in [2.05, 4.69) is 14.8 Å². The molecular formula is C10H7ClF6N2O3. The summed E-state index contributed by atoms with van der Waals surface area (Å²) in [6, 6.07) is 1.70. The number of nitrogens with one attached hydrogen (secondary N) is 1. The van der Waals surface area contributed by atoms with Crippen molar-refractivity contribution in [1.82, 2.24) is 0 Å². The van der Waals surface area contributed by atoms with Crippen LogP contribution in [-0.2, 0) is 4.74 Å². The fourth-order valence-corrected chi connectivity index (χ4v) is 1.40. The van der Waals surface area contributed by atoms with E-state index >= 15 is 0 Å². The van der Waals surface area contributed by atoms with Crippen LogP contribution in [0.4, 0.5) is 36.8 Å². The topological polar surface area (TPSA) is 73.6 Å². The Hall–Kier alpha value is -1.88. The zero-order chi connectivity index (χ0) is 17.1. The first-order valence-corrected chi connectivity index (χ1v) is 5.60. The molecule has 22 heavy (non-hydrogen) atoms. The summed E-state index contributed by atoms with van der Waals surface area (Å²) < 4.78 is 80.5. The molecule has 0 aliphatic heterocycles. The Morgan fingerprint density at radius 2 is 1.86 bits per heavy atom. The maximum atomic E-state index is 13.2. The monoisotopic (exact) mass is 352 g/mol. The summed E-state index contributed by atoms with van der Waals surface area (Å²) in [5, 5.41) is 1.52. The van der Waals surface area contributed by atoms with Crippen LogP contribution in [0, 0.1) is 0 Å². The molecule has 1 atom stereocenters. The highest BCUT2D eigenvalue weighted by molar-refractivity contribution is 6.32. The number of alkyl halides is 6. The highest BCUT2D eigenvalue weighted by atomic mass is 35.5. The Kier molecular flexibility index (Phi) is 5.35. The fraction of sp³-hybridized carbons (Fsp3) is 0.300. The summed E-state index contributed by atoms with van der Waals surface area (Å²) in [6.45, 7) is 0.